The normalized spacial score (nSPS) is 29.0. The fourth-order valence-corrected chi connectivity index (χ4v) is 3.81. The molecule has 0 unspecified atom stereocenters. The van der Waals surface area contributed by atoms with Crippen molar-refractivity contribution >= 4 is 5.91 Å². The standard InChI is InChI=1S/C16H25N3O3/c1-11-13(12(2)22-18-11)8-15(21)19-7-3-5-16(10-19)9-17-6-4-14(16)20/h14,17,20H,3-10H2,1-2H3/t14-,16-/m0/s1. The van der Waals surface area contributed by atoms with Crippen molar-refractivity contribution < 1.29 is 14.4 Å². The van der Waals surface area contributed by atoms with Crippen LogP contribution in [-0.2, 0) is 11.2 Å². The van der Waals surface area contributed by atoms with E-state index in [4.69, 9.17) is 4.52 Å². The highest BCUT2D eigenvalue weighted by Crippen LogP contribution is 2.36. The van der Waals surface area contributed by atoms with E-state index in [0.717, 1.165) is 55.9 Å². The molecule has 1 spiro atoms. The van der Waals surface area contributed by atoms with Crippen molar-refractivity contribution in [3.63, 3.8) is 0 Å². The lowest BCUT2D eigenvalue weighted by molar-refractivity contribution is -0.137. The third kappa shape index (κ3) is 2.77. The van der Waals surface area contributed by atoms with E-state index in [1.807, 2.05) is 18.7 Å². The maximum atomic E-state index is 12.7. The highest BCUT2D eigenvalue weighted by Gasteiger charge is 2.44. The molecule has 0 radical (unpaired) electrons. The number of nitrogens with one attached hydrogen (secondary N) is 1. The summed E-state index contributed by atoms with van der Waals surface area (Å²) in [6.07, 6.45) is 2.72. The number of rotatable bonds is 2. The Hall–Kier alpha value is -1.40. The van der Waals surface area contributed by atoms with Crippen LogP contribution in [0.2, 0.25) is 0 Å². The summed E-state index contributed by atoms with van der Waals surface area (Å²) in [5.41, 5.74) is 1.51. The molecule has 0 aromatic carbocycles. The van der Waals surface area contributed by atoms with Crippen molar-refractivity contribution in [3.05, 3.63) is 17.0 Å². The van der Waals surface area contributed by atoms with Gasteiger partial charge in [-0.1, -0.05) is 5.16 Å². The molecule has 0 saturated carbocycles. The zero-order valence-corrected chi connectivity index (χ0v) is 13.4. The van der Waals surface area contributed by atoms with E-state index >= 15 is 0 Å². The molecule has 1 amide bonds. The van der Waals surface area contributed by atoms with E-state index in [0.29, 0.717) is 13.0 Å². The molecule has 6 nitrogen and oxygen atoms in total. The second kappa shape index (κ2) is 6.01. The molecule has 6 heteroatoms. The van der Waals surface area contributed by atoms with Crippen LogP contribution in [0.3, 0.4) is 0 Å². The summed E-state index contributed by atoms with van der Waals surface area (Å²) >= 11 is 0. The van der Waals surface area contributed by atoms with Gasteiger partial charge in [0.1, 0.15) is 5.76 Å². The third-order valence-corrected chi connectivity index (χ3v) is 5.25. The second-order valence-electron chi connectivity index (χ2n) is 6.74. The van der Waals surface area contributed by atoms with Crippen molar-refractivity contribution in [2.45, 2.75) is 45.6 Å². The van der Waals surface area contributed by atoms with Gasteiger partial charge in [0.15, 0.2) is 0 Å². The van der Waals surface area contributed by atoms with Gasteiger partial charge in [-0.05, 0) is 39.7 Å². The van der Waals surface area contributed by atoms with Gasteiger partial charge in [-0.3, -0.25) is 4.79 Å². The van der Waals surface area contributed by atoms with Gasteiger partial charge >= 0.3 is 0 Å². The number of hydrogen-bond donors (Lipinski definition) is 2. The summed E-state index contributed by atoms with van der Waals surface area (Å²) in [6, 6.07) is 0. The topological polar surface area (TPSA) is 78.6 Å². The summed E-state index contributed by atoms with van der Waals surface area (Å²) in [7, 11) is 0. The molecule has 0 aliphatic carbocycles. The van der Waals surface area contributed by atoms with Crippen LogP contribution in [0.4, 0.5) is 0 Å². The number of aromatic nitrogens is 1. The molecule has 2 aliphatic heterocycles. The Morgan fingerprint density at radius 2 is 2.36 bits per heavy atom. The highest BCUT2D eigenvalue weighted by atomic mass is 16.5. The number of hydrogen-bond acceptors (Lipinski definition) is 5. The van der Waals surface area contributed by atoms with E-state index in [9.17, 15) is 9.90 Å². The Balaban J connectivity index is 1.70. The van der Waals surface area contributed by atoms with Gasteiger partial charge in [-0.2, -0.15) is 0 Å². The highest BCUT2D eigenvalue weighted by molar-refractivity contribution is 5.79. The van der Waals surface area contributed by atoms with E-state index < -0.39 is 0 Å². The second-order valence-corrected chi connectivity index (χ2v) is 6.74. The first-order valence-corrected chi connectivity index (χ1v) is 8.10. The smallest absolute Gasteiger partial charge is 0.227 e. The first-order chi connectivity index (χ1) is 10.5. The number of piperidine rings is 2. The van der Waals surface area contributed by atoms with Crippen molar-refractivity contribution in [2.24, 2.45) is 5.41 Å². The van der Waals surface area contributed by atoms with Gasteiger partial charge in [-0.25, -0.2) is 0 Å². The molecule has 122 valence electrons. The Kier molecular flexibility index (Phi) is 4.23. The molecular formula is C16H25N3O3. The minimum Gasteiger partial charge on any atom is -0.392 e. The zero-order valence-electron chi connectivity index (χ0n) is 13.4. The number of aliphatic hydroxyl groups is 1. The number of aliphatic hydroxyl groups excluding tert-OH is 1. The molecule has 3 rings (SSSR count). The van der Waals surface area contributed by atoms with E-state index in [-0.39, 0.29) is 17.4 Å². The molecule has 2 N–H and O–H groups in total. The van der Waals surface area contributed by atoms with Crippen molar-refractivity contribution in [1.82, 2.24) is 15.4 Å². The summed E-state index contributed by atoms with van der Waals surface area (Å²) in [4.78, 5) is 14.6. The van der Waals surface area contributed by atoms with Crippen LogP contribution in [-0.4, -0.2) is 53.4 Å². The SMILES string of the molecule is Cc1noc(C)c1CC(=O)N1CCC[C@]2(CNCC[C@@H]2O)C1. The maximum absolute atomic E-state index is 12.7. The number of likely N-dealkylation sites (tertiary alicyclic amines) is 1. The summed E-state index contributed by atoms with van der Waals surface area (Å²) in [6.45, 7) is 6.78. The van der Waals surface area contributed by atoms with E-state index in [1.54, 1.807) is 0 Å². The Morgan fingerprint density at radius 3 is 3.05 bits per heavy atom. The van der Waals surface area contributed by atoms with Crippen LogP contribution >= 0.6 is 0 Å². The van der Waals surface area contributed by atoms with Crippen molar-refractivity contribution in [2.75, 3.05) is 26.2 Å². The van der Waals surface area contributed by atoms with Crippen molar-refractivity contribution in [1.29, 1.82) is 0 Å². The third-order valence-electron chi connectivity index (χ3n) is 5.25. The zero-order chi connectivity index (χ0) is 15.7. The Morgan fingerprint density at radius 1 is 1.55 bits per heavy atom. The fraction of sp³-hybridized carbons (Fsp3) is 0.750. The number of aryl methyl sites for hydroxylation is 2. The van der Waals surface area contributed by atoms with Crippen LogP contribution in [0.25, 0.3) is 0 Å². The van der Waals surface area contributed by atoms with Gasteiger partial charge < -0.3 is 19.8 Å². The average molecular weight is 307 g/mol. The van der Waals surface area contributed by atoms with Crippen LogP contribution in [0.5, 0.6) is 0 Å². The lowest BCUT2D eigenvalue weighted by Crippen LogP contribution is -2.59. The largest absolute Gasteiger partial charge is 0.392 e. The quantitative estimate of drug-likeness (QED) is 0.845. The van der Waals surface area contributed by atoms with Crippen LogP contribution in [0.15, 0.2) is 4.52 Å². The molecule has 2 fully saturated rings. The average Bonchev–Trinajstić information content (AvgIpc) is 2.82. The lowest BCUT2D eigenvalue weighted by atomic mass is 9.72. The number of nitrogens with zero attached hydrogens (tertiary/aromatic N) is 2. The summed E-state index contributed by atoms with van der Waals surface area (Å²) in [5.74, 6) is 0.822. The summed E-state index contributed by atoms with van der Waals surface area (Å²) < 4.78 is 5.14. The molecule has 1 aromatic heterocycles. The molecule has 22 heavy (non-hydrogen) atoms. The van der Waals surface area contributed by atoms with Crippen LogP contribution < -0.4 is 5.32 Å². The maximum Gasteiger partial charge on any atom is 0.227 e. The van der Waals surface area contributed by atoms with Gasteiger partial charge in [-0.15, -0.1) is 0 Å². The van der Waals surface area contributed by atoms with E-state index in [2.05, 4.69) is 10.5 Å². The number of amides is 1. The first kappa shape index (κ1) is 15.5. The number of carbonyl (C=O) groups excluding carboxylic acids is 1. The molecule has 3 heterocycles. The van der Waals surface area contributed by atoms with Gasteiger partial charge in [0.25, 0.3) is 0 Å². The molecular weight excluding hydrogens is 282 g/mol. The molecule has 2 atom stereocenters. The molecule has 0 bridgehead atoms. The van der Waals surface area contributed by atoms with Gasteiger partial charge in [0.05, 0.1) is 18.2 Å². The Labute approximate surface area is 130 Å². The van der Waals surface area contributed by atoms with E-state index in [1.165, 1.54) is 0 Å². The minimum absolute atomic E-state index is 0.103. The molecule has 1 aromatic rings. The molecule has 2 saturated heterocycles. The fourth-order valence-electron chi connectivity index (χ4n) is 3.81. The van der Waals surface area contributed by atoms with Crippen LogP contribution in [0, 0.1) is 19.3 Å². The van der Waals surface area contributed by atoms with Crippen LogP contribution in [0.1, 0.15) is 36.3 Å². The lowest BCUT2D eigenvalue weighted by Gasteiger charge is -2.48. The summed E-state index contributed by atoms with van der Waals surface area (Å²) in [5, 5.41) is 17.7. The predicted octanol–water partition coefficient (Wildman–Crippen LogP) is 0.797. The van der Waals surface area contributed by atoms with Crippen molar-refractivity contribution in [3.8, 4) is 0 Å². The monoisotopic (exact) mass is 307 g/mol. The predicted molar refractivity (Wildman–Crippen MR) is 81.4 cm³/mol. The van der Waals surface area contributed by atoms with Gasteiger partial charge in [0.2, 0.25) is 5.91 Å². The minimum atomic E-state index is -0.316. The van der Waals surface area contributed by atoms with Gasteiger partial charge in [0, 0.05) is 30.6 Å². The molecule has 2 aliphatic rings. The first-order valence-electron chi connectivity index (χ1n) is 8.10. The number of carbonyl (C=O) groups is 1. The Bertz CT molecular complexity index is 533.